The largest absolute Gasteiger partial charge is 0.477 e. The molecule has 0 saturated carbocycles. The van der Waals surface area contributed by atoms with E-state index in [-0.39, 0.29) is 11.9 Å². The van der Waals surface area contributed by atoms with Gasteiger partial charge in [0.05, 0.1) is 0 Å². The highest BCUT2D eigenvalue weighted by atomic mass is 16.5. The van der Waals surface area contributed by atoms with E-state index in [0.29, 0.717) is 0 Å². The minimum Gasteiger partial charge on any atom is -0.477 e. The summed E-state index contributed by atoms with van der Waals surface area (Å²) in [7, 11) is 0. The number of fused-ring (bicyclic) bond motifs is 1. The molecular formula is C18H27NO2. The van der Waals surface area contributed by atoms with Gasteiger partial charge in [-0.2, -0.15) is 0 Å². The van der Waals surface area contributed by atoms with E-state index in [1.165, 1.54) is 22.3 Å². The van der Waals surface area contributed by atoms with Crippen molar-refractivity contribution in [2.24, 2.45) is 0 Å². The van der Waals surface area contributed by atoms with Crippen molar-refractivity contribution in [1.82, 2.24) is 5.32 Å². The fourth-order valence-corrected chi connectivity index (χ4v) is 3.01. The number of amides is 1. The summed E-state index contributed by atoms with van der Waals surface area (Å²) < 4.78 is 6.22. The molecule has 0 spiro atoms. The minimum atomic E-state index is -0.768. The molecule has 21 heavy (non-hydrogen) atoms. The molecule has 0 radical (unpaired) electrons. The number of benzene rings is 1. The number of carbonyl (C=O) groups is 1. The summed E-state index contributed by atoms with van der Waals surface area (Å²) in [5, 5.41) is 2.98. The monoisotopic (exact) mass is 289 g/mol. The Bertz CT molecular complexity index is 590. The molecule has 0 saturated heterocycles. The average molecular weight is 289 g/mol. The van der Waals surface area contributed by atoms with Gasteiger partial charge in [0.1, 0.15) is 5.75 Å². The first kappa shape index (κ1) is 15.9. The Labute approximate surface area is 128 Å². The van der Waals surface area contributed by atoms with Gasteiger partial charge in [-0.15, -0.1) is 0 Å². The predicted molar refractivity (Wildman–Crippen MR) is 86.0 cm³/mol. The molecule has 116 valence electrons. The van der Waals surface area contributed by atoms with Gasteiger partial charge in [-0.05, 0) is 82.7 Å². The van der Waals surface area contributed by atoms with Crippen molar-refractivity contribution in [2.45, 2.75) is 73.0 Å². The van der Waals surface area contributed by atoms with Crippen LogP contribution in [0.2, 0.25) is 0 Å². The van der Waals surface area contributed by atoms with E-state index in [0.717, 1.165) is 24.2 Å². The molecule has 1 aromatic rings. The Morgan fingerprint density at radius 1 is 1.10 bits per heavy atom. The molecule has 1 N–H and O–H groups in total. The zero-order valence-corrected chi connectivity index (χ0v) is 14.3. The van der Waals surface area contributed by atoms with Crippen LogP contribution in [0.3, 0.4) is 0 Å². The van der Waals surface area contributed by atoms with Crippen molar-refractivity contribution in [2.75, 3.05) is 0 Å². The standard InChI is InChI=1S/C18H27NO2/c1-10(2)19-17(20)18(7)9-8-15-13(5)11(3)12(4)14(6)16(15)21-18/h10H,8-9H2,1-7H3,(H,19,20). The predicted octanol–water partition coefficient (Wildman–Crippen LogP) is 3.53. The zero-order chi connectivity index (χ0) is 15.9. The molecule has 1 unspecified atom stereocenters. The second-order valence-corrected chi connectivity index (χ2v) is 6.77. The topological polar surface area (TPSA) is 38.3 Å². The van der Waals surface area contributed by atoms with E-state index in [4.69, 9.17) is 4.74 Å². The maximum absolute atomic E-state index is 12.5. The van der Waals surface area contributed by atoms with E-state index in [1.807, 2.05) is 20.8 Å². The van der Waals surface area contributed by atoms with Gasteiger partial charge in [0.25, 0.3) is 5.91 Å². The summed E-state index contributed by atoms with van der Waals surface area (Å²) in [5.74, 6) is 0.904. The van der Waals surface area contributed by atoms with Gasteiger partial charge >= 0.3 is 0 Å². The molecule has 1 aliphatic rings. The Morgan fingerprint density at radius 3 is 2.24 bits per heavy atom. The molecule has 1 atom stereocenters. The molecular weight excluding hydrogens is 262 g/mol. The summed E-state index contributed by atoms with van der Waals surface area (Å²) >= 11 is 0. The quantitative estimate of drug-likeness (QED) is 0.904. The maximum Gasteiger partial charge on any atom is 0.264 e. The van der Waals surface area contributed by atoms with Crippen molar-refractivity contribution in [3.05, 3.63) is 27.8 Å². The van der Waals surface area contributed by atoms with Crippen molar-refractivity contribution < 1.29 is 9.53 Å². The fourth-order valence-electron chi connectivity index (χ4n) is 3.01. The number of carbonyl (C=O) groups excluding carboxylic acids is 1. The van der Waals surface area contributed by atoms with Crippen LogP contribution in [-0.4, -0.2) is 17.6 Å². The summed E-state index contributed by atoms with van der Waals surface area (Å²) in [6, 6.07) is 0.127. The normalized spacial score (nSPS) is 21.0. The molecule has 0 aromatic heterocycles. The lowest BCUT2D eigenvalue weighted by atomic mass is 9.85. The maximum atomic E-state index is 12.5. The van der Waals surface area contributed by atoms with Crippen LogP contribution < -0.4 is 10.1 Å². The molecule has 0 fully saturated rings. The van der Waals surface area contributed by atoms with Crippen LogP contribution in [0.1, 0.15) is 55.0 Å². The smallest absolute Gasteiger partial charge is 0.264 e. The van der Waals surface area contributed by atoms with Crippen molar-refractivity contribution in [3.8, 4) is 5.75 Å². The molecule has 1 amide bonds. The summed E-state index contributed by atoms with van der Waals surface area (Å²) in [6.45, 7) is 14.4. The van der Waals surface area contributed by atoms with Gasteiger partial charge in [0.2, 0.25) is 0 Å². The molecule has 1 heterocycles. The van der Waals surface area contributed by atoms with Gasteiger partial charge in [-0.3, -0.25) is 4.79 Å². The lowest BCUT2D eigenvalue weighted by Crippen LogP contribution is -2.52. The number of hydrogen-bond donors (Lipinski definition) is 1. The van der Waals surface area contributed by atoms with E-state index in [1.54, 1.807) is 0 Å². The Kier molecular flexibility index (Phi) is 4.05. The second-order valence-electron chi connectivity index (χ2n) is 6.77. The van der Waals surface area contributed by atoms with Gasteiger partial charge < -0.3 is 10.1 Å². The Balaban J connectivity index is 2.43. The van der Waals surface area contributed by atoms with Crippen LogP contribution in [0.15, 0.2) is 0 Å². The van der Waals surface area contributed by atoms with E-state index in [2.05, 4.69) is 33.0 Å². The van der Waals surface area contributed by atoms with Crippen molar-refractivity contribution in [1.29, 1.82) is 0 Å². The highest BCUT2D eigenvalue weighted by Gasteiger charge is 2.40. The summed E-state index contributed by atoms with van der Waals surface area (Å²) in [6.07, 6.45) is 1.62. The highest BCUT2D eigenvalue weighted by Crippen LogP contribution is 2.40. The van der Waals surface area contributed by atoms with Crippen LogP contribution in [0.4, 0.5) is 0 Å². The average Bonchev–Trinajstić information content (AvgIpc) is 2.42. The minimum absolute atomic E-state index is 0.0153. The molecule has 3 nitrogen and oxygen atoms in total. The zero-order valence-electron chi connectivity index (χ0n) is 14.3. The first-order valence-corrected chi connectivity index (χ1v) is 7.76. The lowest BCUT2D eigenvalue weighted by molar-refractivity contribution is -0.137. The molecule has 0 bridgehead atoms. The van der Waals surface area contributed by atoms with Crippen LogP contribution in [0, 0.1) is 27.7 Å². The SMILES string of the molecule is Cc1c(C)c(C)c2c(c1C)CCC(C)(C(=O)NC(C)C)O2. The Morgan fingerprint density at radius 2 is 1.67 bits per heavy atom. The number of hydrogen-bond acceptors (Lipinski definition) is 2. The first-order chi connectivity index (χ1) is 9.67. The summed E-state index contributed by atoms with van der Waals surface area (Å²) in [4.78, 5) is 12.5. The van der Waals surface area contributed by atoms with E-state index < -0.39 is 5.60 Å². The molecule has 2 rings (SSSR count). The summed E-state index contributed by atoms with van der Waals surface area (Å²) in [5.41, 5.74) is 5.57. The van der Waals surface area contributed by atoms with Gasteiger partial charge in [-0.25, -0.2) is 0 Å². The van der Waals surface area contributed by atoms with Gasteiger partial charge in [0.15, 0.2) is 5.60 Å². The Hall–Kier alpha value is -1.51. The number of rotatable bonds is 2. The second kappa shape index (κ2) is 5.36. The van der Waals surface area contributed by atoms with Crippen LogP contribution in [-0.2, 0) is 11.2 Å². The first-order valence-electron chi connectivity index (χ1n) is 7.76. The molecule has 0 aliphatic carbocycles. The highest BCUT2D eigenvalue weighted by molar-refractivity contribution is 5.86. The van der Waals surface area contributed by atoms with Gasteiger partial charge in [-0.1, -0.05) is 0 Å². The van der Waals surface area contributed by atoms with Crippen molar-refractivity contribution >= 4 is 5.91 Å². The van der Waals surface area contributed by atoms with E-state index >= 15 is 0 Å². The van der Waals surface area contributed by atoms with Crippen LogP contribution >= 0.6 is 0 Å². The molecule has 1 aliphatic heterocycles. The number of nitrogens with one attached hydrogen (secondary N) is 1. The van der Waals surface area contributed by atoms with E-state index in [9.17, 15) is 4.79 Å². The van der Waals surface area contributed by atoms with Crippen LogP contribution in [0.5, 0.6) is 5.75 Å². The fraction of sp³-hybridized carbons (Fsp3) is 0.611. The molecule has 3 heteroatoms. The molecule has 1 aromatic carbocycles. The lowest BCUT2D eigenvalue weighted by Gasteiger charge is -2.37. The van der Waals surface area contributed by atoms with Gasteiger partial charge in [0, 0.05) is 12.5 Å². The van der Waals surface area contributed by atoms with Crippen molar-refractivity contribution in [3.63, 3.8) is 0 Å². The van der Waals surface area contributed by atoms with Crippen LogP contribution in [0.25, 0.3) is 0 Å². The third kappa shape index (κ3) is 2.66. The third-order valence-corrected chi connectivity index (χ3v) is 4.83. The number of ether oxygens (including phenoxy) is 1. The third-order valence-electron chi connectivity index (χ3n) is 4.83.